The van der Waals surface area contributed by atoms with Crippen molar-refractivity contribution in [2.24, 2.45) is 5.92 Å². The van der Waals surface area contributed by atoms with E-state index in [1.165, 1.54) is 19.2 Å². The molecule has 0 bridgehead atoms. The number of amides is 1. The van der Waals surface area contributed by atoms with Gasteiger partial charge in [-0.2, -0.15) is 0 Å². The second-order valence-corrected chi connectivity index (χ2v) is 5.06. The van der Waals surface area contributed by atoms with Crippen LogP contribution in [-0.4, -0.2) is 32.1 Å². The van der Waals surface area contributed by atoms with Gasteiger partial charge in [0, 0.05) is 11.6 Å². The lowest BCUT2D eigenvalue weighted by atomic mass is 10.2. The summed E-state index contributed by atoms with van der Waals surface area (Å²) in [6.07, 6.45) is 0. The summed E-state index contributed by atoms with van der Waals surface area (Å²) in [7, 11) is 1.27. The van der Waals surface area contributed by atoms with Gasteiger partial charge in [0.1, 0.15) is 11.3 Å². The molecule has 6 heteroatoms. The summed E-state index contributed by atoms with van der Waals surface area (Å²) < 4.78 is 9.98. The highest BCUT2D eigenvalue weighted by molar-refractivity contribution is 6.30. The Morgan fingerprint density at radius 2 is 2.05 bits per heavy atom. The first-order valence-corrected chi connectivity index (χ1v) is 6.59. The first-order valence-electron chi connectivity index (χ1n) is 6.21. The van der Waals surface area contributed by atoms with Crippen LogP contribution in [0.1, 0.15) is 24.2 Å². The van der Waals surface area contributed by atoms with Gasteiger partial charge < -0.3 is 14.8 Å². The molecule has 0 saturated heterocycles. The third-order valence-corrected chi connectivity index (χ3v) is 2.65. The zero-order valence-corrected chi connectivity index (χ0v) is 12.5. The smallest absolute Gasteiger partial charge is 0.341 e. The average Bonchev–Trinajstić information content (AvgIpc) is 2.42. The second kappa shape index (κ2) is 7.75. The Balaban J connectivity index is 2.69. The van der Waals surface area contributed by atoms with E-state index in [2.05, 4.69) is 10.1 Å². The normalized spacial score (nSPS) is 10.2. The van der Waals surface area contributed by atoms with Crippen LogP contribution in [0.2, 0.25) is 5.02 Å². The summed E-state index contributed by atoms with van der Waals surface area (Å²) in [4.78, 5) is 23.1. The van der Waals surface area contributed by atoms with Crippen LogP contribution >= 0.6 is 11.6 Å². The highest BCUT2D eigenvalue weighted by atomic mass is 35.5. The predicted octanol–water partition coefficient (Wildman–Crippen LogP) is 2.28. The zero-order chi connectivity index (χ0) is 15.1. The lowest BCUT2D eigenvalue weighted by Gasteiger charge is -2.11. The van der Waals surface area contributed by atoms with Crippen LogP contribution in [0, 0.1) is 5.92 Å². The summed E-state index contributed by atoms with van der Waals surface area (Å²) >= 11 is 5.85. The Morgan fingerprint density at radius 3 is 2.65 bits per heavy atom. The number of nitrogens with one attached hydrogen (secondary N) is 1. The standard InChI is InChI=1S/C14H18ClNO4/c1-9(2)7-16-13(17)8-20-12-6-10(15)4-5-11(12)14(18)19-3/h4-6,9H,7-8H2,1-3H3,(H,16,17). The van der Waals surface area contributed by atoms with Crippen LogP contribution in [-0.2, 0) is 9.53 Å². The first-order chi connectivity index (χ1) is 9.43. The van der Waals surface area contributed by atoms with Gasteiger partial charge in [0.05, 0.1) is 7.11 Å². The molecule has 0 aliphatic rings. The average molecular weight is 300 g/mol. The van der Waals surface area contributed by atoms with Gasteiger partial charge in [-0.3, -0.25) is 4.79 Å². The molecule has 1 aromatic rings. The van der Waals surface area contributed by atoms with Crippen molar-refractivity contribution in [3.05, 3.63) is 28.8 Å². The van der Waals surface area contributed by atoms with Crippen molar-refractivity contribution >= 4 is 23.5 Å². The van der Waals surface area contributed by atoms with Gasteiger partial charge in [-0.05, 0) is 24.1 Å². The summed E-state index contributed by atoms with van der Waals surface area (Å²) in [5, 5.41) is 3.13. The minimum Gasteiger partial charge on any atom is -0.483 e. The minimum absolute atomic E-state index is 0.183. The summed E-state index contributed by atoms with van der Waals surface area (Å²) in [6.45, 7) is 4.37. The summed E-state index contributed by atoms with van der Waals surface area (Å²) in [5.74, 6) is -0.214. The van der Waals surface area contributed by atoms with Gasteiger partial charge in [-0.1, -0.05) is 25.4 Å². The molecule has 0 fully saturated rings. The Hall–Kier alpha value is -1.75. The molecule has 0 spiro atoms. The number of ether oxygens (including phenoxy) is 2. The molecule has 1 aromatic carbocycles. The fourth-order valence-electron chi connectivity index (χ4n) is 1.41. The largest absolute Gasteiger partial charge is 0.483 e. The highest BCUT2D eigenvalue weighted by Gasteiger charge is 2.14. The third-order valence-electron chi connectivity index (χ3n) is 2.42. The maximum atomic E-state index is 11.6. The van der Waals surface area contributed by atoms with Crippen LogP contribution < -0.4 is 10.1 Å². The lowest BCUT2D eigenvalue weighted by molar-refractivity contribution is -0.123. The molecule has 110 valence electrons. The van der Waals surface area contributed by atoms with Gasteiger partial charge in [-0.25, -0.2) is 4.79 Å². The zero-order valence-electron chi connectivity index (χ0n) is 11.7. The summed E-state index contributed by atoms with van der Waals surface area (Å²) in [6, 6.07) is 4.53. The van der Waals surface area contributed by atoms with Crippen molar-refractivity contribution in [1.29, 1.82) is 0 Å². The van der Waals surface area contributed by atoms with Crippen molar-refractivity contribution in [3.8, 4) is 5.75 Å². The Morgan fingerprint density at radius 1 is 1.35 bits per heavy atom. The van der Waals surface area contributed by atoms with E-state index in [4.69, 9.17) is 16.3 Å². The quantitative estimate of drug-likeness (QED) is 0.819. The van der Waals surface area contributed by atoms with Crippen molar-refractivity contribution in [1.82, 2.24) is 5.32 Å². The SMILES string of the molecule is COC(=O)c1ccc(Cl)cc1OCC(=O)NCC(C)C. The van der Waals surface area contributed by atoms with Gasteiger partial charge in [-0.15, -0.1) is 0 Å². The van der Waals surface area contributed by atoms with E-state index in [9.17, 15) is 9.59 Å². The number of carbonyl (C=O) groups excluding carboxylic acids is 2. The van der Waals surface area contributed by atoms with Gasteiger partial charge in [0.15, 0.2) is 6.61 Å². The topological polar surface area (TPSA) is 64.6 Å². The molecule has 0 unspecified atom stereocenters. The number of carbonyl (C=O) groups is 2. The van der Waals surface area contributed by atoms with Crippen molar-refractivity contribution < 1.29 is 19.1 Å². The number of esters is 1. The van der Waals surface area contributed by atoms with Crippen LogP contribution in [0.3, 0.4) is 0 Å². The van der Waals surface area contributed by atoms with E-state index in [-0.39, 0.29) is 23.8 Å². The monoisotopic (exact) mass is 299 g/mol. The Bertz CT molecular complexity index is 488. The first kappa shape index (κ1) is 16.3. The molecule has 1 N–H and O–H groups in total. The minimum atomic E-state index is -0.542. The Labute approximate surface area is 123 Å². The molecule has 0 aromatic heterocycles. The van der Waals surface area contributed by atoms with Crippen molar-refractivity contribution in [3.63, 3.8) is 0 Å². The summed E-state index contributed by atoms with van der Waals surface area (Å²) in [5.41, 5.74) is 0.230. The number of hydrogen-bond acceptors (Lipinski definition) is 4. The maximum absolute atomic E-state index is 11.6. The molecule has 0 saturated carbocycles. The van der Waals surface area contributed by atoms with Gasteiger partial charge in [0.2, 0.25) is 0 Å². The molecule has 1 rings (SSSR count). The van der Waals surface area contributed by atoms with E-state index in [0.717, 1.165) is 0 Å². The molecular formula is C14H18ClNO4. The number of rotatable bonds is 6. The highest BCUT2D eigenvalue weighted by Crippen LogP contribution is 2.24. The van der Waals surface area contributed by atoms with Gasteiger partial charge >= 0.3 is 5.97 Å². The maximum Gasteiger partial charge on any atom is 0.341 e. The predicted molar refractivity (Wildman–Crippen MR) is 76.1 cm³/mol. The van der Waals surface area contributed by atoms with Crippen LogP contribution in [0.15, 0.2) is 18.2 Å². The molecular weight excluding hydrogens is 282 g/mol. The fourth-order valence-corrected chi connectivity index (χ4v) is 1.57. The molecule has 0 radical (unpaired) electrons. The van der Waals surface area contributed by atoms with Crippen LogP contribution in [0.4, 0.5) is 0 Å². The van der Waals surface area contributed by atoms with Crippen molar-refractivity contribution in [2.45, 2.75) is 13.8 Å². The second-order valence-electron chi connectivity index (χ2n) is 4.62. The van der Waals surface area contributed by atoms with E-state index in [0.29, 0.717) is 17.5 Å². The number of benzene rings is 1. The number of hydrogen-bond donors (Lipinski definition) is 1. The molecule has 0 heterocycles. The van der Waals surface area contributed by atoms with E-state index in [1.807, 2.05) is 13.8 Å². The van der Waals surface area contributed by atoms with E-state index >= 15 is 0 Å². The van der Waals surface area contributed by atoms with E-state index in [1.54, 1.807) is 6.07 Å². The third kappa shape index (κ3) is 5.09. The molecule has 5 nitrogen and oxygen atoms in total. The van der Waals surface area contributed by atoms with Crippen LogP contribution in [0.25, 0.3) is 0 Å². The molecule has 1 amide bonds. The van der Waals surface area contributed by atoms with Crippen LogP contribution in [0.5, 0.6) is 5.75 Å². The molecule has 0 aliphatic heterocycles. The number of methoxy groups -OCH3 is 1. The molecule has 20 heavy (non-hydrogen) atoms. The fraction of sp³-hybridized carbons (Fsp3) is 0.429. The number of halogens is 1. The molecule has 0 aliphatic carbocycles. The molecule has 0 atom stereocenters. The van der Waals surface area contributed by atoms with Gasteiger partial charge in [0.25, 0.3) is 5.91 Å². The Kier molecular flexibility index (Phi) is 6.31. The van der Waals surface area contributed by atoms with E-state index < -0.39 is 5.97 Å². The van der Waals surface area contributed by atoms with Crippen molar-refractivity contribution in [2.75, 3.05) is 20.3 Å². The lowest BCUT2D eigenvalue weighted by Crippen LogP contribution is -2.31.